The van der Waals surface area contributed by atoms with Gasteiger partial charge < -0.3 is 16.4 Å². The molecule has 4 N–H and O–H groups in total. The number of primary amides is 1. The van der Waals surface area contributed by atoms with Gasteiger partial charge in [-0.15, -0.1) is 11.8 Å². The Morgan fingerprint density at radius 1 is 0.962 bits per heavy atom. The second kappa shape index (κ2) is 9.62. The van der Waals surface area contributed by atoms with E-state index in [2.05, 4.69) is 10.6 Å². The quantitative estimate of drug-likeness (QED) is 0.620. The van der Waals surface area contributed by atoms with Gasteiger partial charge in [0.15, 0.2) is 0 Å². The second-order valence-corrected chi connectivity index (χ2v) is 6.65. The summed E-state index contributed by atoms with van der Waals surface area (Å²) in [5.74, 6) is -0.470. The molecule has 6 nitrogen and oxygen atoms in total. The van der Waals surface area contributed by atoms with Gasteiger partial charge in [0.2, 0.25) is 17.7 Å². The molecule has 0 aliphatic rings. The minimum absolute atomic E-state index is 0.0215. The Morgan fingerprint density at radius 2 is 1.65 bits per heavy atom. The van der Waals surface area contributed by atoms with Crippen LogP contribution in [0.4, 0.5) is 11.4 Å². The number of nitrogens with two attached hydrogens (primary N) is 1. The maximum atomic E-state index is 12.1. The summed E-state index contributed by atoms with van der Waals surface area (Å²) in [6, 6.07) is 13.8. The molecule has 26 heavy (non-hydrogen) atoms. The van der Waals surface area contributed by atoms with Gasteiger partial charge in [-0.2, -0.15) is 0 Å². The van der Waals surface area contributed by atoms with Crippen molar-refractivity contribution in [2.45, 2.75) is 24.7 Å². The van der Waals surface area contributed by atoms with Crippen molar-refractivity contribution >= 4 is 40.9 Å². The Morgan fingerprint density at radius 3 is 2.31 bits per heavy atom. The van der Waals surface area contributed by atoms with Gasteiger partial charge in [-0.05, 0) is 48.9 Å². The Bertz CT molecular complexity index is 791. The summed E-state index contributed by atoms with van der Waals surface area (Å²) in [7, 11) is 0. The topological polar surface area (TPSA) is 101 Å². The van der Waals surface area contributed by atoms with E-state index in [0.717, 1.165) is 17.0 Å². The van der Waals surface area contributed by atoms with E-state index in [4.69, 9.17) is 5.73 Å². The van der Waals surface area contributed by atoms with Gasteiger partial charge in [-0.25, -0.2) is 0 Å². The van der Waals surface area contributed by atoms with Crippen LogP contribution in [-0.4, -0.2) is 23.5 Å². The molecule has 0 atom stereocenters. The maximum absolute atomic E-state index is 12.1. The van der Waals surface area contributed by atoms with Gasteiger partial charge in [0, 0.05) is 28.3 Å². The van der Waals surface area contributed by atoms with Crippen LogP contribution in [0.5, 0.6) is 0 Å². The number of thioether (sulfide) groups is 1. The Hall–Kier alpha value is -2.80. The first kappa shape index (κ1) is 19.5. The third-order valence-electron chi connectivity index (χ3n) is 3.42. The van der Waals surface area contributed by atoms with E-state index in [1.807, 2.05) is 31.2 Å². The van der Waals surface area contributed by atoms with Crippen LogP contribution in [0, 0.1) is 0 Å². The molecular weight excluding hydrogens is 350 g/mol. The molecule has 136 valence electrons. The van der Waals surface area contributed by atoms with E-state index >= 15 is 0 Å². The number of hydrogen-bond acceptors (Lipinski definition) is 4. The van der Waals surface area contributed by atoms with Crippen molar-refractivity contribution < 1.29 is 14.4 Å². The van der Waals surface area contributed by atoms with E-state index < -0.39 is 5.91 Å². The van der Waals surface area contributed by atoms with Gasteiger partial charge in [-0.1, -0.05) is 13.0 Å². The van der Waals surface area contributed by atoms with Crippen LogP contribution in [0.3, 0.4) is 0 Å². The minimum atomic E-state index is -0.510. The number of carbonyl (C=O) groups is 3. The van der Waals surface area contributed by atoms with E-state index in [0.29, 0.717) is 17.7 Å². The van der Waals surface area contributed by atoms with Crippen molar-refractivity contribution in [3.8, 4) is 0 Å². The number of amides is 3. The summed E-state index contributed by atoms with van der Waals surface area (Å²) in [4.78, 5) is 35.6. The smallest absolute Gasteiger partial charge is 0.248 e. The summed E-state index contributed by atoms with van der Waals surface area (Å²) in [5, 5.41) is 5.59. The van der Waals surface area contributed by atoms with Crippen molar-refractivity contribution in [1.82, 2.24) is 0 Å². The van der Waals surface area contributed by atoms with Crippen LogP contribution in [-0.2, 0) is 9.59 Å². The number of benzene rings is 2. The van der Waals surface area contributed by atoms with E-state index in [-0.39, 0.29) is 17.6 Å². The van der Waals surface area contributed by atoms with E-state index in [1.165, 1.54) is 11.8 Å². The fourth-order valence-electron chi connectivity index (χ4n) is 2.18. The minimum Gasteiger partial charge on any atom is -0.366 e. The molecule has 0 aromatic heterocycles. The first-order valence-electron chi connectivity index (χ1n) is 8.20. The first-order valence-corrected chi connectivity index (χ1v) is 9.19. The Labute approximate surface area is 156 Å². The van der Waals surface area contributed by atoms with Crippen LogP contribution in [0.15, 0.2) is 53.4 Å². The largest absolute Gasteiger partial charge is 0.366 e. The molecule has 0 spiro atoms. The highest BCUT2D eigenvalue weighted by Gasteiger charge is 2.07. The van der Waals surface area contributed by atoms with Gasteiger partial charge in [0.05, 0.1) is 5.75 Å². The molecule has 0 aliphatic carbocycles. The lowest BCUT2D eigenvalue weighted by atomic mass is 10.2. The molecule has 0 saturated carbocycles. The average Bonchev–Trinajstić information content (AvgIpc) is 2.61. The van der Waals surface area contributed by atoms with Crippen molar-refractivity contribution in [2.75, 3.05) is 16.4 Å². The lowest BCUT2D eigenvalue weighted by molar-refractivity contribution is -0.116. The molecule has 0 heterocycles. The zero-order valence-electron chi connectivity index (χ0n) is 14.5. The van der Waals surface area contributed by atoms with E-state index in [1.54, 1.807) is 24.3 Å². The standard InChI is InChI=1S/C19H21N3O3S/c1-2-4-17(23)22-15-5-3-6-16(11-15)26-12-18(24)21-14-9-7-13(8-10-14)19(20)25/h3,5-11H,2,4,12H2,1H3,(H2,20,25)(H,21,24)(H,22,23). The molecule has 0 unspecified atom stereocenters. The van der Waals surface area contributed by atoms with Crippen LogP contribution < -0.4 is 16.4 Å². The van der Waals surface area contributed by atoms with Crippen molar-refractivity contribution in [3.05, 3.63) is 54.1 Å². The second-order valence-electron chi connectivity index (χ2n) is 5.60. The fraction of sp³-hybridized carbons (Fsp3) is 0.211. The molecule has 0 aliphatic heterocycles. The molecule has 0 radical (unpaired) electrons. The predicted octanol–water partition coefficient (Wildman–Crippen LogP) is 3.25. The van der Waals surface area contributed by atoms with Crippen molar-refractivity contribution in [3.63, 3.8) is 0 Å². The number of anilines is 2. The lowest BCUT2D eigenvalue weighted by Crippen LogP contribution is -2.15. The van der Waals surface area contributed by atoms with Gasteiger partial charge >= 0.3 is 0 Å². The molecule has 7 heteroatoms. The first-order chi connectivity index (χ1) is 12.5. The highest BCUT2D eigenvalue weighted by molar-refractivity contribution is 8.00. The van der Waals surface area contributed by atoms with Crippen LogP contribution in [0.2, 0.25) is 0 Å². The Kier molecular flexibility index (Phi) is 7.23. The molecule has 2 rings (SSSR count). The molecule has 3 amide bonds. The molecule has 0 bridgehead atoms. The maximum Gasteiger partial charge on any atom is 0.248 e. The van der Waals surface area contributed by atoms with Crippen LogP contribution >= 0.6 is 11.8 Å². The summed E-state index contributed by atoms with van der Waals surface area (Å²) in [6.07, 6.45) is 1.27. The zero-order chi connectivity index (χ0) is 18.9. The Balaban J connectivity index is 1.86. The highest BCUT2D eigenvalue weighted by atomic mass is 32.2. The average molecular weight is 371 g/mol. The van der Waals surface area contributed by atoms with Gasteiger partial charge in [0.1, 0.15) is 0 Å². The number of carbonyl (C=O) groups excluding carboxylic acids is 3. The molecule has 2 aromatic rings. The van der Waals surface area contributed by atoms with Crippen LogP contribution in [0.1, 0.15) is 30.1 Å². The fourth-order valence-corrected chi connectivity index (χ4v) is 2.93. The summed E-state index contributed by atoms with van der Waals surface area (Å²) in [5.41, 5.74) is 6.89. The zero-order valence-corrected chi connectivity index (χ0v) is 15.3. The molecule has 2 aromatic carbocycles. The van der Waals surface area contributed by atoms with E-state index in [9.17, 15) is 14.4 Å². The SMILES string of the molecule is CCCC(=O)Nc1cccc(SCC(=O)Nc2ccc(C(N)=O)cc2)c1. The third-order valence-corrected chi connectivity index (χ3v) is 4.41. The van der Waals surface area contributed by atoms with Crippen LogP contribution in [0.25, 0.3) is 0 Å². The third kappa shape index (κ3) is 6.25. The molecule has 0 saturated heterocycles. The van der Waals surface area contributed by atoms with Crippen molar-refractivity contribution in [1.29, 1.82) is 0 Å². The number of nitrogens with one attached hydrogen (secondary N) is 2. The summed E-state index contributed by atoms with van der Waals surface area (Å²) >= 11 is 1.37. The number of hydrogen-bond donors (Lipinski definition) is 3. The van der Waals surface area contributed by atoms with Gasteiger partial charge in [0.25, 0.3) is 0 Å². The number of rotatable bonds is 8. The predicted molar refractivity (Wildman–Crippen MR) is 104 cm³/mol. The van der Waals surface area contributed by atoms with Crippen molar-refractivity contribution in [2.24, 2.45) is 5.73 Å². The molecule has 0 fully saturated rings. The normalized spacial score (nSPS) is 10.2. The summed E-state index contributed by atoms with van der Waals surface area (Å²) < 4.78 is 0. The monoisotopic (exact) mass is 371 g/mol. The summed E-state index contributed by atoms with van der Waals surface area (Å²) in [6.45, 7) is 1.95. The highest BCUT2D eigenvalue weighted by Crippen LogP contribution is 2.22. The van der Waals surface area contributed by atoms with Gasteiger partial charge in [-0.3, -0.25) is 14.4 Å². The lowest BCUT2D eigenvalue weighted by Gasteiger charge is -2.08. The molecular formula is C19H21N3O3S.